The highest BCUT2D eigenvalue weighted by Gasteiger charge is 2.45. The zero-order valence-corrected chi connectivity index (χ0v) is 19.8. The highest BCUT2D eigenvalue weighted by molar-refractivity contribution is 7.90. The van der Waals surface area contributed by atoms with Gasteiger partial charge in [0.15, 0.2) is 9.84 Å². The van der Waals surface area contributed by atoms with E-state index >= 15 is 0 Å². The molecule has 1 aromatic carbocycles. The summed E-state index contributed by atoms with van der Waals surface area (Å²) in [5.74, 6) is 0.534. The molecule has 176 valence electrons. The molecule has 3 aliphatic heterocycles. The maximum absolute atomic E-state index is 11.8. The zero-order valence-electron chi connectivity index (χ0n) is 19.0. The molecule has 1 N–H and O–H groups in total. The summed E-state index contributed by atoms with van der Waals surface area (Å²) in [4.78, 5) is 20.9. The lowest BCUT2D eigenvalue weighted by atomic mass is 9.72. The van der Waals surface area contributed by atoms with Crippen molar-refractivity contribution in [3.05, 3.63) is 52.7 Å². The van der Waals surface area contributed by atoms with E-state index in [1.165, 1.54) is 12.5 Å². The van der Waals surface area contributed by atoms with Crippen molar-refractivity contribution in [1.29, 1.82) is 0 Å². The Morgan fingerprint density at radius 1 is 1.18 bits per heavy atom. The van der Waals surface area contributed by atoms with Gasteiger partial charge in [-0.1, -0.05) is 6.07 Å². The summed E-state index contributed by atoms with van der Waals surface area (Å²) >= 11 is 0. The van der Waals surface area contributed by atoms with Crippen LogP contribution in [0.5, 0.6) is 0 Å². The number of aliphatic hydroxyl groups is 1. The fraction of sp³-hybridized carbons (Fsp3) is 0.500. The van der Waals surface area contributed by atoms with Crippen molar-refractivity contribution < 1.29 is 23.1 Å². The molecule has 1 aromatic heterocycles. The van der Waals surface area contributed by atoms with Crippen LogP contribution in [0, 0.1) is 12.3 Å². The van der Waals surface area contributed by atoms with E-state index in [-0.39, 0.29) is 22.9 Å². The first-order valence-corrected chi connectivity index (χ1v) is 13.2. The number of aliphatic hydroxyl groups excluding tert-OH is 1. The molecule has 1 spiro atoms. The second-order valence-corrected chi connectivity index (χ2v) is 11.7. The Balaban J connectivity index is 1.15. The van der Waals surface area contributed by atoms with E-state index in [2.05, 4.69) is 14.8 Å². The first kappa shape index (κ1) is 22.3. The topological polar surface area (TPSA) is 100 Å². The number of β-amino-alcohol motifs (C(OH)–C–C–N with tert-alkyl or cyclic N) is 1. The number of carbonyl (C=O) groups excluding carboxylic acids is 1. The number of piperidine rings is 1. The molecule has 2 fully saturated rings. The molecule has 0 saturated carbocycles. The first-order valence-electron chi connectivity index (χ1n) is 11.3. The zero-order chi connectivity index (χ0) is 23.4. The molecule has 0 aliphatic carbocycles. The number of nitrogens with zero attached hydrogens (tertiary/aromatic N) is 3. The van der Waals surface area contributed by atoms with Gasteiger partial charge in [0.2, 0.25) is 0 Å². The van der Waals surface area contributed by atoms with E-state index in [1.807, 2.05) is 13.0 Å². The molecule has 0 bridgehead atoms. The lowest BCUT2D eigenvalue weighted by molar-refractivity contribution is 0.0424. The molecular formula is C24H29N3O5S. The van der Waals surface area contributed by atoms with Crippen LogP contribution in [0.15, 0.2) is 35.4 Å². The van der Waals surface area contributed by atoms with E-state index in [0.717, 1.165) is 61.5 Å². The molecule has 3 aliphatic rings. The van der Waals surface area contributed by atoms with Crippen LogP contribution in [0.1, 0.15) is 46.0 Å². The van der Waals surface area contributed by atoms with Gasteiger partial charge in [-0.25, -0.2) is 18.2 Å². The summed E-state index contributed by atoms with van der Waals surface area (Å²) in [5.41, 5.74) is 3.58. The highest BCUT2D eigenvalue weighted by Crippen LogP contribution is 2.42. The summed E-state index contributed by atoms with van der Waals surface area (Å²) in [6, 6.07) is 7.02. The number of aromatic nitrogens is 1. The number of anilines is 1. The maximum atomic E-state index is 11.8. The van der Waals surface area contributed by atoms with Gasteiger partial charge >= 0.3 is 5.97 Å². The molecule has 8 nitrogen and oxygen atoms in total. The molecule has 33 heavy (non-hydrogen) atoms. The number of hydrogen-bond acceptors (Lipinski definition) is 8. The third-order valence-electron chi connectivity index (χ3n) is 7.44. The van der Waals surface area contributed by atoms with Crippen molar-refractivity contribution in [3.63, 3.8) is 0 Å². The summed E-state index contributed by atoms with van der Waals surface area (Å²) in [5, 5.41) is 10.9. The van der Waals surface area contributed by atoms with E-state index in [1.54, 1.807) is 18.2 Å². The minimum absolute atomic E-state index is 0.242. The van der Waals surface area contributed by atoms with Gasteiger partial charge in [0.25, 0.3) is 0 Å². The Labute approximate surface area is 194 Å². The third-order valence-corrected chi connectivity index (χ3v) is 8.54. The summed E-state index contributed by atoms with van der Waals surface area (Å²) in [6.07, 6.45) is 4.14. The predicted octanol–water partition coefficient (Wildman–Crippen LogP) is 2.10. The lowest BCUT2D eigenvalue weighted by Gasteiger charge is -2.54. The van der Waals surface area contributed by atoms with Crippen molar-refractivity contribution in [3.8, 4) is 0 Å². The molecule has 5 rings (SSSR count). The second-order valence-electron chi connectivity index (χ2n) is 9.68. The monoisotopic (exact) mass is 471 g/mol. The SMILES string of the molecule is Cc1c(C(O)CN2CCC3(CC2)CN(c2ccc(S(C)(=O)=O)cn2)C3)ccc2c1COC2=O. The maximum Gasteiger partial charge on any atom is 0.338 e. The summed E-state index contributed by atoms with van der Waals surface area (Å²) in [6.45, 7) is 6.51. The van der Waals surface area contributed by atoms with Gasteiger partial charge in [-0.3, -0.25) is 0 Å². The van der Waals surface area contributed by atoms with Crippen LogP contribution in [-0.4, -0.2) is 68.4 Å². The van der Waals surface area contributed by atoms with Gasteiger partial charge in [0, 0.05) is 43.1 Å². The van der Waals surface area contributed by atoms with Gasteiger partial charge in [-0.05, 0) is 62.2 Å². The summed E-state index contributed by atoms with van der Waals surface area (Å²) < 4.78 is 28.4. The minimum atomic E-state index is -3.23. The molecule has 1 unspecified atom stereocenters. The number of carbonyl (C=O) groups is 1. The smallest absolute Gasteiger partial charge is 0.338 e. The number of pyridine rings is 1. The van der Waals surface area contributed by atoms with Gasteiger partial charge in [0.1, 0.15) is 12.4 Å². The number of benzene rings is 1. The average molecular weight is 472 g/mol. The van der Waals surface area contributed by atoms with Crippen LogP contribution in [0.4, 0.5) is 5.82 Å². The van der Waals surface area contributed by atoms with E-state index in [9.17, 15) is 18.3 Å². The molecule has 2 aromatic rings. The molecule has 9 heteroatoms. The predicted molar refractivity (Wildman–Crippen MR) is 123 cm³/mol. The second kappa shape index (κ2) is 8.07. The van der Waals surface area contributed by atoms with Crippen LogP contribution >= 0.6 is 0 Å². The van der Waals surface area contributed by atoms with Crippen molar-refractivity contribution >= 4 is 21.6 Å². The molecule has 0 radical (unpaired) electrons. The number of ether oxygens (including phenoxy) is 1. The highest BCUT2D eigenvalue weighted by atomic mass is 32.2. The van der Waals surface area contributed by atoms with Crippen LogP contribution in [-0.2, 0) is 21.2 Å². The average Bonchev–Trinajstić information content (AvgIpc) is 3.14. The number of esters is 1. The van der Waals surface area contributed by atoms with Gasteiger partial charge < -0.3 is 19.6 Å². The van der Waals surface area contributed by atoms with E-state index in [0.29, 0.717) is 12.1 Å². The number of likely N-dealkylation sites (tertiary alicyclic amines) is 1. The van der Waals surface area contributed by atoms with Crippen LogP contribution in [0.2, 0.25) is 0 Å². The Kier molecular flexibility index (Phi) is 5.46. The van der Waals surface area contributed by atoms with Crippen LogP contribution in [0.25, 0.3) is 0 Å². The number of hydrogen-bond donors (Lipinski definition) is 1. The van der Waals surface area contributed by atoms with Crippen LogP contribution in [0.3, 0.4) is 0 Å². The standard InChI is InChI=1S/C24H29N3O5S/c1-16-18(4-5-19-20(16)13-32-23(19)29)21(28)12-26-9-7-24(8-10-26)14-27(15-24)22-6-3-17(11-25-22)33(2,30)31/h3-6,11,21,28H,7-10,12-15H2,1-2H3. The van der Waals surface area contributed by atoms with Gasteiger partial charge in [-0.15, -0.1) is 0 Å². The van der Waals surface area contributed by atoms with Gasteiger partial charge in [-0.2, -0.15) is 0 Å². The quantitative estimate of drug-likeness (QED) is 0.662. The number of rotatable bonds is 5. The van der Waals surface area contributed by atoms with Crippen molar-refractivity contribution in [2.75, 3.05) is 43.9 Å². The normalized spacial score (nSPS) is 20.9. The van der Waals surface area contributed by atoms with Crippen molar-refractivity contribution in [1.82, 2.24) is 9.88 Å². The Morgan fingerprint density at radius 2 is 1.91 bits per heavy atom. The number of fused-ring (bicyclic) bond motifs is 1. The fourth-order valence-corrected chi connectivity index (χ4v) is 5.86. The summed E-state index contributed by atoms with van der Waals surface area (Å²) in [7, 11) is -3.23. The molecule has 2 saturated heterocycles. The largest absolute Gasteiger partial charge is 0.457 e. The minimum Gasteiger partial charge on any atom is -0.457 e. The fourth-order valence-electron chi connectivity index (χ4n) is 5.30. The molecule has 4 heterocycles. The Bertz CT molecular complexity index is 1180. The third kappa shape index (κ3) is 4.13. The lowest BCUT2D eigenvalue weighted by Crippen LogP contribution is -2.60. The van der Waals surface area contributed by atoms with E-state index in [4.69, 9.17) is 4.74 Å². The Morgan fingerprint density at radius 3 is 2.55 bits per heavy atom. The van der Waals surface area contributed by atoms with E-state index < -0.39 is 15.9 Å². The number of sulfone groups is 1. The van der Waals surface area contributed by atoms with Gasteiger partial charge in [0.05, 0.1) is 16.6 Å². The van der Waals surface area contributed by atoms with Crippen molar-refractivity contribution in [2.45, 2.75) is 37.4 Å². The molecule has 0 amide bonds. The number of cyclic esters (lactones) is 1. The van der Waals surface area contributed by atoms with Crippen molar-refractivity contribution in [2.24, 2.45) is 5.41 Å². The first-order chi connectivity index (χ1) is 15.7. The van der Waals surface area contributed by atoms with Crippen LogP contribution < -0.4 is 4.90 Å². The molecule has 1 atom stereocenters. The molecular weight excluding hydrogens is 442 g/mol. The Hall–Kier alpha value is -2.49.